The number of benzene rings is 1. The summed E-state index contributed by atoms with van der Waals surface area (Å²) in [6.07, 6.45) is -0.0297. The molecule has 1 fully saturated rings. The molecule has 1 N–H and O–H groups in total. The lowest BCUT2D eigenvalue weighted by molar-refractivity contribution is -0.133. The molecule has 1 aromatic rings. The van der Waals surface area contributed by atoms with Crippen molar-refractivity contribution in [2.75, 3.05) is 19.6 Å². The third kappa shape index (κ3) is 3.85. The Kier molecular flexibility index (Phi) is 5.01. The molecular weight excluding hydrogens is 278 g/mol. The van der Waals surface area contributed by atoms with Gasteiger partial charge in [0.1, 0.15) is 11.6 Å². The van der Waals surface area contributed by atoms with E-state index in [2.05, 4.69) is 5.32 Å². The van der Waals surface area contributed by atoms with Crippen LogP contribution >= 0.6 is 0 Å². The highest BCUT2D eigenvalue weighted by Gasteiger charge is 2.23. The Labute approximate surface area is 122 Å². The Bertz CT molecular complexity index is 548. The fourth-order valence-electron chi connectivity index (χ4n) is 2.43. The first-order chi connectivity index (χ1) is 9.99. The van der Waals surface area contributed by atoms with Crippen molar-refractivity contribution in [1.82, 2.24) is 10.2 Å². The topological polar surface area (TPSA) is 49.4 Å². The molecule has 0 bridgehead atoms. The van der Waals surface area contributed by atoms with Crippen molar-refractivity contribution in [3.8, 4) is 0 Å². The van der Waals surface area contributed by atoms with Gasteiger partial charge in [0, 0.05) is 44.6 Å². The average Bonchev–Trinajstić information content (AvgIpc) is 2.45. The van der Waals surface area contributed by atoms with Crippen LogP contribution in [0.5, 0.6) is 0 Å². The van der Waals surface area contributed by atoms with Crippen LogP contribution in [-0.4, -0.2) is 42.3 Å². The number of carbonyl (C=O) groups excluding carboxylic acids is 2. The molecule has 21 heavy (non-hydrogen) atoms. The standard InChI is InChI=1S/C15H18F2N2O2/c1-10-9-18-6-7-19(10)15(21)5-4-14(20)12-3-2-11(16)8-13(12)17/h2-3,8,10,18H,4-7,9H2,1H3/t10-/m1/s1. The van der Waals surface area contributed by atoms with Gasteiger partial charge in [-0.2, -0.15) is 0 Å². The van der Waals surface area contributed by atoms with Crippen LogP contribution in [0.1, 0.15) is 30.1 Å². The zero-order valence-corrected chi connectivity index (χ0v) is 11.9. The van der Waals surface area contributed by atoms with Crippen LogP contribution in [-0.2, 0) is 4.79 Å². The van der Waals surface area contributed by atoms with Crippen LogP contribution < -0.4 is 5.32 Å². The van der Waals surface area contributed by atoms with E-state index < -0.39 is 17.4 Å². The van der Waals surface area contributed by atoms with Gasteiger partial charge in [-0.05, 0) is 19.1 Å². The van der Waals surface area contributed by atoms with E-state index in [-0.39, 0.29) is 30.4 Å². The van der Waals surface area contributed by atoms with Gasteiger partial charge in [-0.3, -0.25) is 9.59 Å². The highest BCUT2D eigenvalue weighted by molar-refractivity contribution is 5.98. The molecule has 4 nitrogen and oxygen atoms in total. The van der Waals surface area contributed by atoms with E-state index in [0.29, 0.717) is 12.6 Å². The van der Waals surface area contributed by atoms with Gasteiger partial charge in [0.2, 0.25) is 5.91 Å². The molecule has 1 aliphatic rings. The number of hydrogen-bond acceptors (Lipinski definition) is 3. The second-order valence-electron chi connectivity index (χ2n) is 5.19. The maximum absolute atomic E-state index is 13.5. The number of nitrogens with one attached hydrogen (secondary N) is 1. The normalized spacial score (nSPS) is 18.6. The number of rotatable bonds is 4. The predicted octanol–water partition coefficient (Wildman–Crippen LogP) is 1.75. The molecule has 114 valence electrons. The van der Waals surface area contributed by atoms with Gasteiger partial charge in [-0.15, -0.1) is 0 Å². The summed E-state index contributed by atoms with van der Waals surface area (Å²) < 4.78 is 26.3. The summed E-state index contributed by atoms with van der Waals surface area (Å²) in [7, 11) is 0. The van der Waals surface area contributed by atoms with E-state index in [1.807, 2.05) is 6.92 Å². The Morgan fingerprint density at radius 1 is 1.33 bits per heavy atom. The van der Waals surface area contributed by atoms with E-state index in [0.717, 1.165) is 25.2 Å². The van der Waals surface area contributed by atoms with E-state index in [1.54, 1.807) is 4.90 Å². The van der Waals surface area contributed by atoms with Crippen molar-refractivity contribution in [2.45, 2.75) is 25.8 Å². The lowest BCUT2D eigenvalue weighted by atomic mass is 10.0. The number of Topliss-reactive ketones (excluding diaryl/α,β-unsaturated/α-hetero) is 1. The maximum atomic E-state index is 13.5. The zero-order chi connectivity index (χ0) is 15.4. The molecule has 1 amide bonds. The van der Waals surface area contributed by atoms with Gasteiger partial charge in [-0.1, -0.05) is 0 Å². The molecule has 0 aromatic heterocycles. The summed E-state index contributed by atoms with van der Waals surface area (Å²) in [5, 5.41) is 3.18. The molecule has 0 unspecified atom stereocenters. The van der Waals surface area contributed by atoms with Gasteiger partial charge < -0.3 is 10.2 Å². The zero-order valence-electron chi connectivity index (χ0n) is 11.9. The SMILES string of the molecule is C[C@@H]1CNCCN1C(=O)CCC(=O)c1ccc(F)cc1F. The quantitative estimate of drug-likeness (QED) is 0.861. The van der Waals surface area contributed by atoms with Gasteiger partial charge in [0.25, 0.3) is 0 Å². The number of nitrogens with zero attached hydrogens (tertiary/aromatic N) is 1. The average molecular weight is 296 g/mol. The number of carbonyl (C=O) groups is 2. The third-order valence-corrected chi connectivity index (χ3v) is 3.62. The minimum Gasteiger partial charge on any atom is -0.337 e. The lowest BCUT2D eigenvalue weighted by Crippen LogP contribution is -2.52. The molecule has 2 rings (SSSR count). The molecule has 0 saturated carbocycles. The molecule has 0 aliphatic carbocycles. The highest BCUT2D eigenvalue weighted by Crippen LogP contribution is 2.14. The van der Waals surface area contributed by atoms with Gasteiger partial charge in [-0.25, -0.2) is 8.78 Å². The molecule has 1 aromatic carbocycles. The summed E-state index contributed by atoms with van der Waals surface area (Å²) in [4.78, 5) is 25.7. The summed E-state index contributed by atoms with van der Waals surface area (Å²) in [6.45, 7) is 4.01. The minimum atomic E-state index is -0.886. The number of ketones is 1. The Hall–Kier alpha value is -1.82. The predicted molar refractivity (Wildman–Crippen MR) is 74.0 cm³/mol. The fraction of sp³-hybridized carbons (Fsp3) is 0.467. The van der Waals surface area contributed by atoms with E-state index >= 15 is 0 Å². The van der Waals surface area contributed by atoms with Crippen molar-refractivity contribution < 1.29 is 18.4 Å². The molecule has 1 aliphatic heterocycles. The maximum Gasteiger partial charge on any atom is 0.223 e. The summed E-state index contributed by atoms with van der Waals surface area (Å²) in [5.41, 5.74) is -0.169. The Morgan fingerprint density at radius 2 is 2.10 bits per heavy atom. The lowest BCUT2D eigenvalue weighted by Gasteiger charge is -2.34. The highest BCUT2D eigenvalue weighted by atomic mass is 19.1. The van der Waals surface area contributed by atoms with Crippen molar-refractivity contribution in [2.24, 2.45) is 0 Å². The van der Waals surface area contributed by atoms with Gasteiger partial charge in [0.15, 0.2) is 5.78 Å². The third-order valence-electron chi connectivity index (χ3n) is 3.62. The van der Waals surface area contributed by atoms with Crippen molar-refractivity contribution in [3.05, 3.63) is 35.4 Å². The molecular formula is C15H18F2N2O2. The van der Waals surface area contributed by atoms with Gasteiger partial charge in [0.05, 0.1) is 5.56 Å². The fourth-order valence-corrected chi connectivity index (χ4v) is 2.43. The van der Waals surface area contributed by atoms with Crippen LogP contribution in [0.2, 0.25) is 0 Å². The molecule has 0 spiro atoms. The van der Waals surface area contributed by atoms with E-state index in [4.69, 9.17) is 0 Å². The first-order valence-corrected chi connectivity index (χ1v) is 6.97. The van der Waals surface area contributed by atoms with Crippen LogP contribution in [0.25, 0.3) is 0 Å². The number of halogens is 2. The monoisotopic (exact) mass is 296 g/mol. The summed E-state index contributed by atoms with van der Waals surface area (Å²) >= 11 is 0. The van der Waals surface area contributed by atoms with Crippen LogP contribution in [0.3, 0.4) is 0 Å². The van der Waals surface area contributed by atoms with Crippen LogP contribution in [0, 0.1) is 11.6 Å². The minimum absolute atomic E-state index is 0.0417. The first kappa shape index (κ1) is 15.6. The number of amides is 1. The molecule has 6 heteroatoms. The summed E-state index contributed by atoms with van der Waals surface area (Å²) in [6, 6.07) is 2.92. The Balaban J connectivity index is 1.92. The van der Waals surface area contributed by atoms with Crippen molar-refractivity contribution >= 4 is 11.7 Å². The molecule has 1 saturated heterocycles. The number of piperazine rings is 1. The second kappa shape index (κ2) is 6.76. The smallest absolute Gasteiger partial charge is 0.223 e. The number of hydrogen-bond donors (Lipinski definition) is 1. The van der Waals surface area contributed by atoms with Gasteiger partial charge >= 0.3 is 0 Å². The van der Waals surface area contributed by atoms with Crippen molar-refractivity contribution in [3.63, 3.8) is 0 Å². The van der Waals surface area contributed by atoms with Crippen LogP contribution in [0.15, 0.2) is 18.2 Å². The summed E-state index contributed by atoms with van der Waals surface area (Å²) in [5.74, 6) is -2.21. The largest absolute Gasteiger partial charge is 0.337 e. The van der Waals surface area contributed by atoms with Crippen molar-refractivity contribution in [1.29, 1.82) is 0 Å². The first-order valence-electron chi connectivity index (χ1n) is 6.97. The van der Waals surface area contributed by atoms with E-state index in [1.165, 1.54) is 0 Å². The van der Waals surface area contributed by atoms with E-state index in [9.17, 15) is 18.4 Å². The molecule has 1 atom stereocenters. The molecule has 1 heterocycles. The second-order valence-corrected chi connectivity index (χ2v) is 5.19. The molecule has 0 radical (unpaired) electrons. The van der Waals surface area contributed by atoms with Crippen LogP contribution in [0.4, 0.5) is 8.78 Å². The Morgan fingerprint density at radius 3 is 2.76 bits per heavy atom.